The van der Waals surface area contributed by atoms with Crippen LogP contribution in [0.2, 0.25) is 0 Å². The number of amides is 2. The second-order valence-electron chi connectivity index (χ2n) is 9.44. The van der Waals surface area contributed by atoms with E-state index in [0.717, 1.165) is 41.5 Å². The van der Waals surface area contributed by atoms with Crippen LogP contribution in [0.25, 0.3) is 11.1 Å². The van der Waals surface area contributed by atoms with Gasteiger partial charge in [-0.25, -0.2) is 4.79 Å². The molecule has 2 aromatic carbocycles. The van der Waals surface area contributed by atoms with Gasteiger partial charge in [0.05, 0.1) is 12.0 Å². The van der Waals surface area contributed by atoms with Crippen molar-refractivity contribution in [3.05, 3.63) is 59.7 Å². The van der Waals surface area contributed by atoms with Crippen LogP contribution in [-0.4, -0.2) is 53.2 Å². The molecular weight excluding hydrogens is 432 g/mol. The molecular formula is C27H32N2O5. The molecule has 2 N–H and O–H groups in total. The van der Waals surface area contributed by atoms with Crippen molar-refractivity contribution in [3.8, 4) is 11.1 Å². The van der Waals surface area contributed by atoms with Crippen LogP contribution in [-0.2, 0) is 14.3 Å². The van der Waals surface area contributed by atoms with E-state index in [1.807, 2.05) is 24.3 Å². The standard InChI is InChI=1S/C27H32N2O5/c1-18(25(32)29(2)27(16-24(30)31)14-8-3-9-15-27)28-26(33)34-17-23-21-12-6-4-10-19(21)20-11-5-7-13-22(20)23/h4-7,10-13,18,23H,3,8-9,14-17H2,1-2H3,(H,28,33)(H,30,31)/t18-/m0/s1. The van der Waals surface area contributed by atoms with Crippen LogP contribution in [0.5, 0.6) is 0 Å². The van der Waals surface area contributed by atoms with Crippen molar-refractivity contribution >= 4 is 18.0 Å². The summed E-state index contributed by atoms with van der Waals surface area (Å²) in [6.07, 6.45) is 3.37. The number of nitrogens with zero attached hydrogens (tertiary/aromatic N) is 1. The molecule has 0 saturated heterocycles. The maximum absolute atomic E-state index is 13.1. The highest BCUT2D eigenvalue weighted by Crippen LogP contribution is 2.44. The molecule has 0 aliphatic heterocycles. The first kappa shape index (κ1) is 23.8. The van der Waals surface area contributed by atoms with Gasteiger partial charge in [0.15, 0.2) is 0 Å². The lowest BCUT2D eigenvalue weighted by Crippen LogP contribution is -2.57. The molecule has 0 radical (unpaired) electrons. The van der Waals surface area contributed by atoms with E-state index in [1.165, 1.54) is 4.90 Å². The quantitative estimate of drug-likeness (QED) is 0.627. The van der Waals surface area contributed by atoms with Gasteiger partial charge >= 0.3 is 12.1 Å². The zero-order valence-electron chi connectivity index (χ0n) is 19.8. The number of hydrogen-bond acceptors (Lipinski definition) is 4. The molecule has 0 heterocycles. The summed E-state index contributed by atoms with van der Waals surface area (Å²) >= 11 is 0. The Labute approximate surface area is 200 Å². The summed E-state index contributed by atoms with van der Waals surface area (Å²) in [5.74, 6) is -1.29. The minimum Gasteiger partial charge on any atom is -0.481 e. The normalized spacial score (nSPS) is 17.2. The molecule has 2 aromatic rings. The molecule has 4 rings (SSSR count). The lowest BCUT2D eigenvalue weighted by atomic mass is 9.78. The minimum absolute atomic E-state index is 0.0621. The number of benzene rings is 2. The number of carboxylic acid groups (broad SMARTS) is 1. The van der Waals surface area contributed by atoms with Crippen LogP contribution in [0.3, 0.4) is 0 Å². The van der Waals surface area contributed by atoms with Crippen molar-refractivity contribution in [2.45, 2.75) is 62.9 Å². The van der Waals surface area contributed by atoms with Crippen LogP contribution in [0.1, 0.15) is 62.5 Å². The van der Waals surface area contributed by atoms with E-state index in [0.29, 0.717) is 12.8 Å². The van der Waals surface area contributed by atoms with E-state index in [2.05, 4.69) is 29.6 Å². The van der Waals surface area contributed by atoms with Crippen molar-refractivity contribution in [3.63, 3.8) is 0 Å². The maximum Gasteiger partial charge on any atom is 0.407 e. The molecule has 34 heavy (non-hydrogen) atoms. The molecule has 0 unspecified atom stereocenters. The van der Waals surface area contributed by atoms with Gasteiger partial charge in [0, 0.05) is 13.0 Å². The number of carbonyl (C=O) groups is 3. The number of hydrogen-bond donors (Lipinski definition) is 2. The Morgan fingerprint density at radius 2 is 1.59 bits per heavy atom. The number of alkyl carbamates (subject to hydrolysis) is 1. The summed E-state index contributed by atoms with van der Waals surface area (Å²) in [5, 5.41) is 12.1. The third-order valence-corrected chi connectivity index (χ3v) is 7.36. The first-order valence-electron chi connectivity index (χ1n) is 11.9. The molecule has 7 heteroatoms. The van der Waals surface area contributed by atoms with Crippen molar-refractivity contribution < 1.29 is 24.2 Å². The summed E-state index contributed by atoms with van der Waals surface area (Å²) in [6, 6.07) is 15.4. The van der Waals surface area contributed by atoms with E-state index < -0.39 is 23.6 Å². The topological polar surface area (TPSA) is 95.9 Å². The fourth-order valence-corrected chi connectivity index (χ4v) is 5.52. The lowest BCUT2D eigenvalue weighted by Gasteiger charge is -2.44. The monoisotopic (exact) mass is 464 g/mol. The molecule has 0 bridgehead atoms. The number of likely N-dealkylation sites (N-methyl/N-ethyl adjacent to an activating group) is 1. The van der Waals surface area contributed by atoms with Gasteiger partial charge < -0.3 is 20.1 Å². The Hall–Kier alpha value is -3.35. The van der Waals surface area contributed by atoms with Crippen LogP contribution in [0, 0.1) is 0 Å². The Kier molecular flexibility index (Phi) is 6.91. The summed E-state index contributed by atoms with van der Waals surface area (Å²) < 4.78 is 5.56. The van der Waals surface area contributed by atoms with Crippen LogP contribution in [0.15, 0.2) is 48.5 Å². The molecule has 1 saturated carbocycles. The van der Waals surface area contributed by atoms with Gasteiger partial charge in [0.1, 0.15) is 12.6 Å². The smallest absolute Gasteiger partial charge is 0.407 e. The lowest BCUT2D eigenvalue weighted by molar-refractivity contribution is -0.146. The summed E-state index contributed by atoms with van der Waals surface area (Å²) in [4.78, 5) is 38.8. The van der Waals surface area contributed by atoms with Gasteiger partial charge in [0.25, 0.3) is 0 Å². The number of carboxylic acids is 1. The maximum atomic E-state index is 13.1. The van der Waals surface area contributed by atoms with Crippen molar-refractivity contribution in [1.29, 1.82) is 0 Å². The number of rotatable bonds is 7. The molecule has 180 valence electrons. The fraction of sp³-hybridized carbons (Fsp3) is 0.444. The number of nitrogens with one attached hydrogen (secondary N) is 1. The zero-order chi connectivity index (χ0) is 24.3. The summed E-state index contributed by atoms with van der Waals surface area (Å²) in [6.45, 7) is 1.77. The van der Waals surface area contributed by atoms with Gasteiger partial charge in [-0.15, -0.1) is 0 Å². The first-order valence-corrected chi connectivity index (χ1v) is 11.9. The highest BCUT2D eigenvalue weighted by molar-refractivity contribution is 5.86. The molecule has 2 aliphatic rings. The Bertz CT molecular complexity index is 1030. The molecule has 2 aliphatic carbocycles. The van der Waals surface area contributed by atoms with Crippen LogP contribution in [0.4, 0.5) is 4.79 Å². The fourth-order valence-electron chi connectivity index (χ4n) is 5.52. The Morgan fingerprint density at radius 1 is 1.03 bits per heavy atom. The predicted molar refractivity (Wildman–Crippen MR) is 129 cm³/mol. The second-order valence-corrected chi connectivity index (χ2v) is 9.44. The van der Waals surface area contributed by atoms with E-state index in [4.69, 9.17) is 4.74 Å². The van der Waals surface area contributed by atoms with E-state index in [1.54, 1.807) is 14.0 Å². The predicted octanol–water partition coefficient (Wildman–Crippen LogP) is 4.55. The Balaban J connectivity index is 1.39. The number of ether oxygens (including phenoxy) is 1. The van der Waals surface area contributed by atoms with Crippen LogP contribution >= 0.6 is 0 Å². The first-order chi connectivity index (χ1) is 16.3. The number of aliphatic carboxylic acids is 1. The number of carbonyl (C=O) groups excluding carboxylic acids is 2. The Morgan fingerprint density at radius 3 is 2.15 bits per heavy atom. The van der Waals surface area contributed by atoms with Crippen molar-refractivity contribution in [2.75, 3.05) is 13.7 Å². The van der Waals surface area contributed by atoms with Gasteiger partial charge in [-0.2, -0.15) is 0 Å². The summed E-state index contributed by atoms with van der Waals surface area (Å²) in [7, 11) is 1.65. The van der Waals surface area contributed by atoms with Gasteiger partial charge in [-0.1, -0.05) is 67.8 Å². The molecule has 0 aromatic heterocycles. The van der Waals surface area contributed by atoms with E-state index in [9.17, 15) is 19.5 Å². The second kappa shape index (κ2) is 9.87. The average Bonchev–Trinajstić information content (AvgIpc) is 3.15. The molecule has 2 amide bonds. The highest BCUT2D eigenvalue weighted by atomic mass is 16.5. The third kappa shape index (κ3) is 4.65. The van der Waals surface area contributed by atoms with Gasteiger partial charge in [0.2, 0.25) is 5.91 Å². The summed E-state index contributed by atoms with van der Waals surface area (Å²) in [5.41, 5.74) is 3.82. The molecule has 7 nitrogen and oxygen atoms in total. The van der Waals surface area contributed by atoms with Crippen molar-refractivity contribution in [2.24, 2.45) is 0 Å². The largest absolute Gasteiger partial charge is 0.481 e. The van der Waals surface area contributed by atoms with E-state index >= 15 is 0 Å². The molecule has 1 atom stereocenters. The third-order valence-electron chi connectivity index (χ3n) is 7.36. The van der Waals surface area contributed by atoms with Gasteiger partial charge in [-0.05, 0) is 42.0 Å². The number of fused-ring (bicyclic) bond motifs is 3. The molecule has 1 fully saturated rings. The SMILES string of the molecule is C[C@H](NC(=O)OCC1c2ccccc2-c2ccccc21)C(=O)N(C)C1(CC(=O)O)CCCCC1. The molecule has 0 spiro atoms. The zero-order valence-corrected chi connectivity index (χ0v) is 19.8. The van der Waals surface area contributed by atoms with Gasteiger partial charge in [-0.3, -0.25) is 9.59 Å². The average molecular weight is 465 g/mol. The van der Waals surface area contributed by atoms with Crippen molar-refractivity contribution in [1.82, 2.24) is 10.2 Å². The van der Waals surface area contributed by atoms with E-state index in [-0.39, 0.29) is 24.9 Å². The highest BCUT2D eigenvalue weighted by Gasteiger charge is 2.41. The van der Waals surface area contributed by atoms with Crippen LogP contribution < -0.4 is 5.32 Å². The minimum atomic E-state index is -0.918.